The summed E-state index contributed by atoms with van der Waals surface area (Å²) in [4.78, 5) is 26.2. The van der Waals surface area contributed by atoms with Crippen LogP contribution in [0.1, 0.15) is 17.0 Å². The van der Waals surface area contributed by atoms with Crippen molar-refractivity contribution < 1.29 is 35.9 Å². The normalized spacial score (nSPS) is 19.6. The number of anilines is 1. The topological polar surface area (TPSA) is 49.4 Å². The molecule has 2 unspecified atom stereocenters. The lowest BCUT2D eigenvalue weighted by Gasteiger charge is -2.19. The van der Waals surface area contributed by atoms with Crippen LogP contribution in [-0.4, -0.2) is 30.3 Å². The zero-order valence-electron chi connectivity index (χ0n) is 14.9. The summed E-state index contributed by atoms with van der Waals surface area (Å²) in [7, 11) is 1.35. The first-order valence-electron chi connectivity index (χ1n) is 8.36. The number of likely N-dealkylation sites (tertiary alicyclic amines) is 1. The van der Waals surface area contributed by atoms with E-state index in [-0.39, 0.29) is 12.1 Å². The summed E-state index contributed by atoms with van der Waals surface area (Å²) >= 11 is 0. The van der Waals surface area contributed by atoms with E-state index in [0.29, 0.717) is 12.1 Å². The predicted molar refractivity (Wildman–Crippen MR) is 90.3 cm³/mol. The van der Waals surface area contributed by atoms with Crippen molar-refractivity contribution in [1.29, 1.82) is 0 Å². The van der Waals surface area contributed by atoms with Gasteiger partial charge >= 0.3 is 6.18 Å². The molecule has 0 aliphatic carbocycles. The van der Waals surface area contributed by atoms with E-state index in [1.165, 1.54) is 7.05 Å². The van der Waals surface area contributed by atoms with Gasteiger partial charge in [0.1, 0.15) is 28.9 Å². The van der Waals surface area contributed by atoms with Crippen LogP contribution >= 0.6 is 0 Å². The second-order valence-electron chi connectivity index (χ2n) is 6.66. The lowest BCUT2D eigenvalue weighted by Crippen LogP contribution is -2.33. The lowest BCUT2D eigenvalue weighted by molar-refractivity contribution is -0.139. The van der Waals surface area contributed by atoms with Crippen LogP contribution in [0, 0.1) is 23.4 Å². The molecule has 1 saturated heterocycles. The van der Waals surface area contributed by atoms with Crippen molar-refractivity contribution in [3.8, 4) is 0 Å². The summed E-state index contributed by atoms with van der Waals surface area (Å²) in [6.45, 7) is -0.0743. The maximum absolute atomic E-state index is 13.7. The van der Waals surface area contributed by atoms with E-state index in [1.54, 1.807) is 0 Å². The fourth-order valence-electron chi connectivity index (χ4n) is 3.41. The number of carbonyl (C=O) groups is 2. The molecule has 2 atom stereocenters. The van der Waals surface area contributed by atoms with Gasteiger partial charge in [-0.2, -0.15) is 13.2 Å². The smallest absolute Gasteiger partial charge is 0.344 e. The van der Waals surface area contributed by atoms with E-state index in [2.05, 4.69) is 0 Å². The zero-order valence-corrected chi connectivity index (χ0v) is 14.9. The van der Waals surface area contributed by atoms with Gasteiger partial charge in [-0.15, -0.1) is 0 Å². The van der Waals surface area contributed by atoms with Gasteiger partial charge in [-0.05, 0) is 29.8 Å². The van der Waals surface area contributed by atoms with Crippen molar-refractivity contribution in [2.75, 3.05) is 18.9 Å². The Labute approximate surface area is 161 Å². The average molecular weight is 416 g/mol. The van der Waals surface area contributed by atoms with Crippen LogP contribution in [0.4, 0.5) is 32.0 Å². The molecule has 1 aliphatic rings. The number of nitrogens with one attached hydrogen (secondary N) is 1. The van der Waals surface area contributed by atoms with Gasteiger partial charge in [0.25, 0.3) is 0 Å². The highest BCUT2D eigenvalue weighted by Gasteiger charge is 2.45. The first-order chi connectivity index (χ1) is 13.5. The van der Waals surface area contributed by atoms with Gasteiger partial charge in [0, 0.05) is 25.6 Å². The van der Waals surface area contributed by atoms with Crippen molar-refractivity contribution in [3.63, 3.8) is 0 Å². The van der Waals surface area contributed by atoms with Gasteiger partial charge in [0.2, 0.25) is 11.8 Å². The molecule has 0 aromatic heterocycles. The minimum atomic E-state index is -5.09. The second kappa shape index (κ2) is 7.41. The van der Waals surface area contributed by atoms with Crippen molar-refractivity contribution in [1.82, 2.24) is 4.90 Å². The molecule has 0 bridgehead atoms. The minimum Gasteiger partial charge on any atom is -0.344 e. The van der Waals surface area contributed by atoms with E-state index in [4.69, 9.17) is 0 Å². The molecule has 2 aromatic rings. The van der Waals surface area contributed by atoms with Gasteiger partial charge < -0.3 is 10.2 Å². The zero-order chi connectivity index (χ0) is 21.5. The monoisotopic (exact) mass is 416 g/mol. The Bertz CT molecular complexity index is 955. The summed E-state index contributed by atoms with van der Waals surface area (Å²) in [6.07, 6.45) is -5.09. The van der Waals surface area contributed by atoms with E-state index < -0.39 is 58.5 Å². The number of hydrogen-bond donors (Lipinski definition) is 1. The third-order valence-corrected chi connectivity index (χ3v) is 4.67. The molecule has 0 radical (unpaired) electrons. The number of nitrogens with zero attached hydrogens (tertiary/aromatic N) is 1. The lowest BCUT2D eigenvalue weighted by atomic mass is 9.87. The summed E-state index contributed by atoms with van der Waals surface area (Å²) in [5.41, 5.74) is -2.52. The average Bonchev–Trinajstić information content (AvgIpc) is 2.88. The van der Waals surface area contributed by atoms with Gasteiger partial charge in [-0.3, -0.25) is 9.59 Å². The Morgan fingerprint density at radius 3 is 2.31 bits per heavy atom. The number of halogens is 6. The van der Waals surface area contributed by atoms with Gasteiger partial charge in [0.15, 0.2) is 0 Å². The SMILES string of the molecule is CN1CC(c2cc(F)cc(F)c2)C(C(=O)Nc2cccc(F)c2C(F)(F)F)C1=O. The largest absolute Gasteiger partial charge is 0.421 e. The molecule has 1 N–H and O–H groups in total. The molecule has 2 amide bonds. The van der Waals surface area contributed by atoms with E-state index >= 15 is 0 Å². The van der Waals surface area contributed by atoms with Crippen LogP contribution in [-0.2, 0) is 15.8 Å². The number of rotatable bonds is 3. The van der Waals surface area contributed by atoms with E-state index in [9.17, 15) is 35.9 Å². The third kappa shape index (κ3) is 4.06. The summed E-state index contributed by atoms with van der Waals surface area (Å²) < 4.78 is 80.3. The molecule has 1 aliphatic heterocycles. The molecular weight excluding hydrogens is 402 g/mol. The Balaban J connectivity index is 1.97. The van der Waals surface area contributed by atoms with Crippen LogP contribution in [0.3, 0.4) is 0 Å². The Morgan fingerprint density at radius 1 is 1.10 bits per heavy atom. The number of carbonyl (C=O) groups excluding carboxylic acids is 2. The first-order valence-corrected chi connectivity index (χ1v) is 8.36. The van der Waals surface area contributed by atoms with Crippen LogP contribution in [0.25, 0.3) is 0 Å². The summed E-state index contributed by atoms with van der Waals surface area (Å²) in [5, 5.41) is 1.95. The number of amides is 2. The molecule has 4 nitrogen and oxygen atoms in total. The molecule has 3 rings (SSSR count). The number of benzene rings is 2. The number of alkyl halides is 3. The summed E-state index contributed by atoms with van der Waals surface area (Å²) in [5.74, 6) is -7.84. The first kappa shape index (κ1) is 20.7. The van der Waals surface area contributed by atoms with Crippen molar-refractivity contribution in [2.45, 2.75) is 12.1 Å². The summed E-state index contributed by atoms with van der Waals surface area (Å²) in [6, 6.07) is 4.92. The maximum atomic E-state index is 13.7. The van der Waals surface area contributed by atoms with E-state index in [1.807, 2.05) is 5.32 Å². The highest BCUT2D eigenvalue weighted by molar-refractivity contribution is 6.08. The second-order valence-corrected chi connectivity index (χ2v) is 6.66. The Hall–Kier alpha value is -3.04. The van der Waals surface area contributed by atoms with Crippen LogP contribution in [0.5, 0.6) is 0 Å². The molecular formula is C19H14F6N2O2. The van der Waals surface area contributed by atoms with Crippen LogP contribution < -0.4 is 5.32 Å². The molecule has 29 heavy (non-hydrogen) atoms. The standard InChI is InChI=1S/C19H14F6N2O2/c1-27-8-12(9-5-10(20)7-11(21)6-9)15(18(27)29)17(28)26-14-4-2-3-13(22)16(14)19(23,24)25/h2-7,12,15H,8H2,1H3,(H,26,28). The van der Waals surface area contributed by atoms with Crippen molar-refractivity contribution in [3.05, 3.63) is 65.0 Å². The Morgan fingerprint density at radius 2 is 1.72 bits per heavy atom. The van der Waals surface area contributed by atoms with Crippen LogP contribution in [0.15, 0.2) is 36.4 Å². The molecule has 1 heterocycles. The fourth-order valence-corrected chi connectivity index (χ4v) is 3.41. The quantitative estimate of drug-likeness (QED) is 0.609. The maximum Gasteiger partial charge on any atom is 0.421 e. The minimum absolute atomic E-state index is 0.00985. The molecule has 0 saturated carbocycles. The molecule has 154 valence electrons. The number of likely N-dealkylation sites (N-methyl/N-ethyl adjacent to an activating group) is 1. The Kier molecular flexibility index (Phi) is 5.29. The van der Waals surface area contributed by atoms with Gasteiger partial charge in [-0.1, -0.05) is 6.07 Å². The van der Waals surface area contributed by atoms with Crippen LogP contribution in [0.2, 0.25) is 0 Å². The highest BCUT2D eigenvalue weighted by Crippen LogP contribution is 2.39. The van der Waals surface area contributed by atoms with Crippen molar-refractivity contribution in [2.24, 2.45) is 5.92 Å². The van der Waals surface area contributed by atoms with Gasteiger partial charge in [-0.25, -0.2) is 13.2 Å². The van der Waals surface area contributed by atoms with Crippen molar-refractivity contribution >= 4 is 17.5 Å². The van der Waals surface area contributed by atoms with Gasteiger partial charge in [0.05, 0.1) is 5.69 Å². The highest BCUT2D eigenvalue weighted by atomic mass is 19.4. The van der Waals surface area contributed by atoms with E-state index in [0.717, 1.165) is 29.2 Å². The number of hydrogen-bond acceptors (Lipinski definition) is 2. The third-order valence-electron chi connectivity index (χ3n) is 4.67. The molecule has 1 fully saturated rings. The fraction of sp³-hybridized carbons (Fsp3) is 0.263. The predicted octanol–water partition coefficient (Wildman–Crippen LogP) is 3.93. The molecule has 0 spiro atoms. The molecule has 2 aromatic carbocycles. The molecule has 10 heteroatoms.